The molecule has 0 radical (unpaired) electrons. The number of hydrogen-bond acceptors (Lipinski definition) is 6. The molecule has 196 valence electrons. The van der Waals surface area contributed by atoms with Gasteiger partial charge < -0.3 is 10.1 Å². The molecule has 0 atom stereocenters. The van der Waals surface area contributed by atoms with Crippen LogP contribution in [0.1, 0.15) is 46.1 Å². The molecule has 8 nitrogen and oxygen atoms in total. The molecule has 2 aromatic carbocycles. The smallest absolute Gasteiger partial charge is 0.338 e. The summed E-state index contributed by atoms with van der Waals surface area (Å²) in [6.07, 6.45) is 3.63. The van der Waals surface area contributed by atoms with E-state index in [1.807, 2.05) is 0 Å². The van der Waals surface area contributed by atoms with Gasteiger partial charge in [0.25, 0.3) is 5.56 Å². The van der Waals surface area contributed by atoms with Crippen LogP contribution in [0.25, 0.3) is 10.2 Å². The number of aromatic nitrogens is 2. The molecule has 4 aromatic rings. The van der Waals surface area contributed by atoms with Crippen molar-refractivity contribution in [2.24, 2.45) is 0 Å². The molecule has 0 aliphatic heterocycles. The molecule has 0 fully saturated rings. The molecule has 5 rings (SSSR count). The topological polar surface area (TPSA) is 99.4 Å². The van der Waals surface area contributed by atoms with Crippen LogP contribution in [0.5, 0.6) is 0 Å². The van der Waals surface area contributed by atoms with Crippen molar-refractivity contribution in [2.45, 2.75) is 45.7 Å². The van der Waals surface area contributed by atoms with Crippen LogP contribution in [-0.4, -0.2) is 27.6 Å². The summed E-state index contributed by atoms with van der Waals surface area (Å²) in [5, 5.41) is 3.76. The number of ether oxygens (including phenoxy) is 1. The second kappa shape index (κ2) is 11.0. The van der Waals surface area contributed by atoms with Crippen molar-refractivity contribution in [3.63, 3.8) is 0 Å². The van der Waals surface area contributed by atoms with Gasteiger partial charge in [0.15, 0.2) is 0 Å². The average molecular weight is 552 g/mol. The van der Waals surface area contributed by atoms with Crippen molar-refractivity contribution in [3.8, 4) is 0 Å². The second-order valence-corrected chi connectivity index (χ2v) is 10.6. The lowest BCUT2D eigenvalue weighted by Crippen LogP contribution is -2.41. The minimum absolute atomic E-state index is 0.00877. The van der Waals surface area contributed by atoms with Gasteiger partial charge in [-0.2, -0.15) is 0 Å². The van der Waals surface area contributed by atoms with E-state index >= 15 is 0 Å². The quantitative estimate of drug-likeness (QED) is 0.338. The van der Waals surface area contributed by atoms with E-state index < -0.39 is 17.6 Å². The van der Waals surface area contributed by atoms with E-state index in [1.165, 1.54) is 20.5 Å². The van der Waals surface area contributed by atoms with Crippen LogP contribution in [0.15, 0.2) is 58.1 Å². The van der Waals surface area contributed by atoms with E-state index in [9.17, 15) is 19.2 Å². The molecule has 0 bridgehead atoms. The zero-order valence-corrected chi connectivity index (χ0v) is 22.4. The van der Waals surface area contributed by atoms with Gasteiger partial charge in [-0.25, -0.2) is 9.59 Å². The van der Waals surface area contributed by atoms with Gasteiger partial charge in [0, 0.05) is 15.6 Å². The van der Waals surface area contributed by atoms with E-state index in [1.54, 1.807) is 55.5 Å². The molecule has 0 saturated carbocycles. The van der Waals surface area contributed by atoms with Crippen LogP contribution in [0, 0.1) is 0 Å². The number of fused-ring (bicyclic) bond motifs is 3. The monoisotopic (exact) mass is 551 g/mol. The molecular weight excluding hydrogens is 526 g/mol. The van der Waals surface area contributed by atoms with Gasteiger partial charge in [-0.15, -0.1) is 11.3 Å². The number of hydrogen-bond donors (Lipinski definition) is 1. The van der Waals surface area contributed by atoms with Gasteiger partial charge in [0.1, 0.15) is 11.4 Å². The van der Waals surface area contributed by atoms with Crippen molar-refractivity contribution in [1.82, 2.24) is 9.13 Å². The van der Waals surface area contributed by atoms with Crippen LogP contribution in [0.4, 0.5) is 5.69 Å². The lowest BCUT2D eigenvalue weighted by atomic mass is 9.97. The highest BCUT2D eigenvalue weighted by Gasteiger charge is 2.25. The standard InChI is InChI=1S/C28H26ClN3O5S/c1-2-37-27(35)17-11-13-19(14-12-17)30-23(33)16-32-26-24(20-8-4-6-10-22(20)38-26)25(34)31(28(32)36)15-18-7-3-5-9-21(18)29/h3,5,7,9,11-14H,2,4,6,8,10,15-16H2,1H3,(H,30,33). The second-order valence-electron chi connectivity index (χ2n) is 9.09. The Bertz CT molecular complexity index is 1650. The summed E-state index contributed by atoms with van der Waals surface area (Å²) < 4.78 is 7.55. The Morgan fingerprint density at radius 1 is 1.03 bits per heavy atom. The fourth-order valence-corrected chi connectivity index (χ4v) is 6.31. The first-order valence-corrected chi connectivity index (χ1v) is 13.6. The number of benzene rings is 2. The van der Waals surface area contributed by atoms with E-state index in [4.69, 9.17) is 16.3 Å². The zero-order chi connectivity index (χ0) is 26.8. The maximum Gasteiger partial charge on any atom is 0.338 e. The number of esters is 1. The van der Waals surface area contributed by atoms with Crippen molar-refractivity contribution in [3.05, 3.63) is 96.0 Å². The molecule has 1 aliphatic carbocycles. The van der Waals surface area contributed by atoms with Gasteiger partial charge in [0.2, 0.25) is 5.91 Å². The van der Waals surface area contributed by atoms with Gasteiger partial charge >= 0.3 is 11.7 Å². The van der Waals surface area contributed by atoms with Gasteiger partial charge in [-0.05, 0) is 74.1 Å². The molecule has 38 heavy (non-hydrogen) atoms. The predicted octanol–water partition coefficient (Wildman–Crippen LogP) is 4.62. The summed E-state index contributed by atoms with van der Waals surface area (Å²) in [6, 6.07) is 13.4. The number of nitrogens with one attached hydrogen (secondary N) is 1. The van der Waals surface area contributed by atoms with Gasteiger partial charge in [-0.1, -0.05) is 29.8 Å². The highest BCUT2D eigenvalue weighted by Crippen LogP contribution is 2.34. The predicted molar refractivity (Wildman–Crippen MR) is 149 cm³/mol. The number of anilines is 1. The first kappa shape index (κ1) is 25.9. The third kappa shape index (κ3) is 5.04. The molecule has 2 aromatic heterocycles. The molecule has 1 N–H and O–H groups in total. The molecule has 2 heterocycles. The molecular formula is C28H26ClN3O5S. The van der Waals surface area contributed by atoms with Crippen LogP contribution >= 0.6 is 22.9 Å². The Balaban J connectivity index is 1.52. The number of aryl methyl sites for hydroxylation is 2. The van der Waals surface area contributed by atoms with Gasteiger partial charge in [-0.3, -0.25) is 18.7 Å². The van der Waals surface area contributed by atoms with E-state index in [-0.39, 0.29) is 25.3 Å². The van der Waals surface area contributed by atoms with Crippen LogP contribution in [-0.2, 0) is 35.5 Å². The summed E-state index contributed by atoms with van der Waals surface area (Å²) in [6.45, 7) is 1.74. The molecule has 0 spiro atoms. The number of carbonyl (C=O) groups excluding carboxylic acids is 2. The van der Waals surface area contributed by atoms with E-state index in [0.29, 0.717) is 32.1 Å². The normalized spacial score (nSPS) is 12.8. The minimum Gasteiger partial charge on any atom is -0.462 e. The fraction of sp³-hybridized carbons (Fsp3) is 0.286. The zero-order valence-electron chi connectivity index (χ0n) is 20.8. The summed E-state index contributed by atoms with van der Waals surface area (Å²) >= 11 is 7.76. The minimum atomic E-state index is -0.561. The SMILES string of the molecule is CCOC(=O)c1ccc(NC(=O)Cn2c(=O)n(Cc3ccccc3Cl)c(=O)c3c4c(sc32)CCCC4)cc1. The largest absolute Gasteiger partial charge is 0.462 e. The first-order chi connectivity index (χ1) is 18.4. The highest BCUT2D eigenvalue weighted by atomic mass is 35.5. The third-order valence-electron chi connectivity index (χ3n) is 6.59. The fourth-order valence-electron chi connectivity index (χ4n) is 4.74. The Morgan fingerprint density at radius 2 is 1.76 bits per heavy atom. The van der Waals surface area contributed by atoms with Crippen molar-refractivity contribution >= 4 is 50.7 Å². The Labute approximate surface area is 227 Å². The maximum atomic E-state index is 13.7. The first-order valence-electron chi connectivity index (χ1n) is 12.5. The number of amides is 1. The molecule has 1 aliphatic rings. The highest BCUT2D eigenvalue weighted by molar-refractivity contribution is 7.18. The third-order valence-corrected chi connectivity index (χ3v) is 8.27. The Hall–Kier alpha value is -3.69. The summed E-state index contributed by atoms with van der Waals surface area (Å²) in [4.78, 5) is 53.9. The lowest BCUT2D eigenvalue weighted by Gasteiger charge is -2.14. The van der Waals surface area contributed by atoms with Crippen molar-refractivity contribution in [1.29, 1.82) is 0 Å². The van der Waals surface area contributed by atoms with Crippen LogP contribution < -0.4 is 16.6 Å². The van der Waals surface area contributed by atoms with Crippen molar-refractivity contribution in [2.75, 3.05) is 11.9 Å². The maximum absolute atomic E-state index is 13.7. The summed E-state index contributed by atoms with van der Waals surface area (Å²) in [5.41, 5.74) is 1.57. The van der Waals surface area contributed by atoms with Crippen LogP contribution in [0.3, 0.4) is 0 Å². The number of rotatable bonds is 7. The van der Waals surface area contributed by atoms with E-state index in [0.717, 1.165) is 36.1 Å². The lowest BCUT2D eigenvalue weighted by molar-refractivity contribution is -0.116. The van der Waals surface area contributed by atoms with Gasteiger partial charge in [0.05, 0.1) is 24.1 Å². The number of thiophene rings is 1. The molecule has 1 amide bonds. The summed E-state index contributed by atoms with van der Waals surface area (Å²) in [5.74, 6) is -0.867. The Morgan fingerprint density at radius 3 is 2.50 bits per heavy atom. The number of halogens is 1. The Kier molecular flexibility index (Phi) is 7.49. The van der Waals surface area contributed by atoms with E-state index in [2.05, 4.69) is 5.32 Å². The molecule has 0 saturated heterocycles. The molecule has 10 heteroatoms. The number of carbonyl (C=O) groups is 2. The summed E-state index contributed by atoms with van der Waals surface area (Å²) in [7, 11) is 0. The average Bonchev–Trinajstić information content (AvgIpc) is 3.30. The van der Waals surface area contributed by atoms with Crippen molar-refractivity contribution < 1.29 is 14.3 Å². The number of nitrogens with zero attached hydrogens (tertiary/aromatic N) is 2. The molecule has 0 unspecified atom stereocenters. The van der Waals surface area contributed by atoms with Crippen LogP contribution in [0.2, 0.25) is 5.02 Å².